The summed E-state index contributed by atoms with van der Waals surface area (Å²) >= 11 is 0. The topological polar surface area (TPSA) is 17.8 Å². The highest BCUT2D eigenvalue weighted by Crippen LogP contribution is 2.25. The third-order valence-electron chi connectivity index (χ3n) is 2.79. The van der Waals surface area contributed by atoms with Gasteiger partial charge in [0.2, 0.25) is 0 Å². The van der Waals surface area contributed by atoms with Gasteiger partial charge in [-0.3, -0.25) is 4.68 Å². The van der Waals surface area contributed by atoms with E-state index < -0.39 is 0 Å². The molecular weight excluding hydrogens is 172 g/mol. The highest BCUT2D eigenvalue weighted by atomic mass is 15.3. The molecule has 14 heavy (non-hydrogen) atoms. The summed E-state index contributed by atoms with van der Waals surface area (Å²) in [7, 11) is 0. The fraction of sp³-hybridized carbons (Fsp3) is 0.750. The van der Waals surface area contributed by atoms with Gasteiger partial charge in [0.25, 0.3) is 0 Å². The lowest BCUT2D eigenvalue weighted by Gasteiger charge is -2.20. The molecular formula is C12H20N2. The molecule has 0 saturated carbocycles. The second-order valence-corrected chi connectivity index (χ2v) is 5.53. The van der Waals surface area contributed by atoms with Crippen molar-refractivity contribution < 1.29 is 0 Å². The van der Waals surface area contributed by atoms with E-state index in [1.165, 1.54) is 30.5 Å². The van der Waals surface area contributed by atoms with E-state index in [4.69, 9.17) is 0 Å². The van der Waals surface area contributed by atoms with E-state index in [9.17, 15) is 0 Å². The van der Waals surface area contributed by atoms with Crippen molar-refractivity contribution in [3.05, 3.63) is 17.5 Å². The number of hydrogen-bond acceptors (Lipinski definition) is 1. The Morgan fingerprint density at radius 1 is 1.36 bits per heavy atom. The predicted octanol–water partition coefficient (Wildman–Crippen LogP) is 2.81. The Bertz CT molecular complexity index is 318. The average Bonchev–Trinajstić information content (AvgIpc) is 2.47. The van der Waals surface area contributed by atoms with Crippen LogP contribution in [0.2, 0.25) is 0 Å². The molecule has 0 unspecified atom stereocenters. The second kappa shape index (κ2) is 3.41. The minimum absolute atomic E-state index is 0.377. The van der Waals surface area contributed by atoms with Gasteiger partial charge in [0.1, 0.15) is 0 Å². The first-order valence-corrected chi connectivity index (χ1v) is 5.60. The maximum atomic E-state index is 4.46. The number of aryl methyl sites for hydroxylation is 1. The van der Waals surface area contributed by atoms with Crippen LogP contribution in [0, 0.1) is 5.41 Å². The molecule has 0 aliphatic carbocycles. The highest BCUT2D eigenvalue weighted by molar-refractivity contribution is 5.20. The minimum Gasteiger partial charge on any atom is -0.269 e. The Hall–Kier alpha value is -0.790. The van der Waals surface area contributed by atoms with E-state index in [1.807, 2.05) is 0 Å². The van der Waals surface area contributed by atoms with E-state index in [2.05, 4.69) is 36.7 Å². The zero-order valence-corrected chi connectivity index (χ0v) is 9.51. The maximum absolute atomic E-state index is 4.46. The van der Waals surface area contributed by atoms with Crippen molar-refractivity contribution in [2.45, 2.75) is 53.0 Å². The summed E-state index contributed by atoms with van der Waals surface area (Å²) in [5.74, 6) is 0. The van der Waals surface area contributed by atoms with Gasteiger partial charge in [-0.25, -0.2) is 0 Å². The van der Waals surface area contributed by atoms with Crippen LogP contribution in [0.4, 0.5) is 0 Å². The molecule has 2 rings (SSSR count). The monoisotopic (exact) mass is 192 g/mol. The van der Waals surface area contributed by atoms with Crippen LogP contribution in [0.3, 0.4) is 0 Å². The van der Waals surface area contributed by atoms with Gasteiger partial charge >= 0.3 is 0 Å². The van der Waals surface area contributed by atoms with Crippen molar-refractivity contribution >= 4 is 0 Å². The lowest BCUT2D eigenvalue weighted by atomic mass is 9.87. The number of aromatic nitrogens is 2. The van der Waals surface area contributed by atoms with Gasteiger partial charge in [-0.05, 0) is 36.7 Å². The molecule has 0 aromatic carbocycles. The molecule has 2 heterocycles. The van der Waals surface area contributed by atoms with Crippen LogP contribution in [0.15, 0.2) is 6.20 Å². The third-order valence-corrected chi connectivity index (χ3v) is 2.79. The first kappa shape index (κ1) is 9.75. The molecule has 0 spiro atoms. The molecule has 0 amide bonds. The zero-order valence-electron chi connectivity index (χ0n) is 9.51. The summed E-state index contributed by atoms with van der Waals surface area (Å²) in [6.07, 6.45) is 7.09. The van der Waals surface area contributed by atoms with Crippen LogP contribution in [0.5, 0.6) is 0 Å². The van der Waals surface area contributed by atoms with Gasteiger partial charge in [-0.15, -0.1) is 0 Å². The van der Waals surface area contributed by atoms with Gasteiger partial charge < -0.3 is 0 Å². The molecule has 1 aromatic heterocycles. The van der Waals surface area contributed by atoms with Crippen molar-refractivity contribution in [1.29, 1.82) is 0 Å². The van der Waals surface area contributed by atoms with E-state index in [0.29, 0.717) is 5.41 Å². The second-order valence-electron chi connectivity index (χ2n) is 5.53. The first-order chi connectivity index (χ1) is 6.56. The number of rotatable bonds is 1. The van der Waals surface area contributed by atoms with Crippen LogP contribution < -0.4 is 0 Å². The minimum atomic E-state index is 0.377. The molecule has 0 bridgehead atoms. The molecule has 0 saturated heterocycles. The van der Waals surface area contributed by atoms with Crippen molar-refractivity contribution in [1.82, 2.24) is 9.78 Å². The Balaban J connectivity index is 2.22. The molecule has 78 valence electrons. The Morgan fingerprint density at radius 3 is 2.86 bits per heavy atom. The van der Waals surface area contributed by atoms with Crippen molar-refractivity contribution in [2.75, 3.05) is 0 Å². The smallest absolute Gasteiger partial charge is 0.0524 e. The number of fused-ring (bicyclic) bond motifs is 1. The lowest BCUT2D eigenvalue weighted by molar-refractivity contribution is 0.406. The normalized spacial score (nSPS) is 16.8. The van der Waals surface area contributed by atoms with Crippen LogP contribution in [-0.4, -0.2) is 9.78 Å². The summed E-state index contributed by atoms with van der Waals surface area (Å²) in [6.45, 7) is 8.00. The van der Waals surface area contributed by atoms with Crippen molar-refractivity contribution in [3.63, 3.8) is 0 Å². The number of nitrogens with zero attached hydrogens (tertiary/aromatic N) is 2. The third kappa shape index (κ3) is 1.99. The Morgan fingerprint density at radius 2 is 2.14 bits per heavy atom. The SMILES string of the molecule is CC(C)(C)Cc1cnn2c1CCCC2. The summed E-state index contributed by atoms with van der Waals surface area (Å²) in [5.41, 5.74) is 3.34. The summed E-state index contributed by atoms with van der Waals surface area (Å²) < 4.78 is 2.20. The van der Waals surface area contributed by atoms with Gasteiger partial charge in [-0.1, -0.05) is 20.8 Å². The van der Waals surface area contributed by atoms with Crippen molar-refractivity contribution in [2.24, 2.45) is 5.41 Å². The Kier molecular flexibility index (Phi) is 2.38. The molecule has 0 fully saturated rings. The fourth-order valence-electron chi connectivity index (χ4n) is 2.20. The first-order valence-electron chi connectivity index (χ1n) is 5.60. The van der Waals surface area contributed by atoms with Gasteiger partial charge in [0.15, 0.2) is 0 Å². The molecule has 1 aromatic rings. The summed E-state index contributed by atoms with van der Waals surface area (Å²) in [6, 6.07) is 0. The lowest BCUT2D eigenvalue weighted by Crippen LogP contribution is -2.15. The average molecular weight is 192 g/mol. The summed E-state index contributed by atoms with van der Waals surface area (Å²) in [4.78, 5) is 0. The van der Waals surface area contributed by atoms with E-state index >= 15 is 0 Å². The number of hydrogen-bond donors (Lipinski definition) is 0. The van der Waals surface area contributed by atoms with Crippen molar-refractivity contribution in [3.8, 4) is 0 Å². The van der Waals surface area contributed by atoms with Gasteiger partial charge in [-0.2, -0.15) is 5.10 Å². The quantitative estimate of drug-likeness (QED) is 0.669. The molecule has 1 aliphatic heterocycles. The van der Waals surface area contributed by atoms with Gasteiger partial charge in [0.05, 0.1) is 6.20 Å². The molecule has 1 aliphatic rings. The Labute approximate surface area is 86.3 Å². The molecule has 2 heteroatoms. The van der Waals surface area contributed by atoms with Gasteiger partial charge in [0, 0.05) is 12.2 Å². The fourth-order valence-corrected chi connectivity index (χ4v) is 2.20. The van der Waals surface area contributed by atoms with Crippen LogP contribution >= 0.6 is 0 Å². The highest BCUT2D eigenvalue weighted by Gasteiger charge is 2.19. The largest absolute Gasteiger partial charge is 0.269 e. The van der Waals surface area contributed by atoms with E-state index in [0.717, 1.165) is 13.0 Å². The van der Waals surface area contributed by atoms with E-state index in [1.54, 1.807) is 0 Å². The molecule has 0 atom stereocenters. The van der Waals surface area contributed by atoms with Crippen LogP contribution in [0.25, 0.3) is 0 Å². The summed E-state index contributed by atoms with van der Waals surface area (Å²) in [5, 5.41) is 4.46. The van der Waals surface area contributed by atoms with Crippen LogP contribution in [0.1, 0.15) is 44.9 Å². The molecule has 2 nitrogen and oxygen atoms in total. The standard InChI is InChI=1S/C12H20N2/c1-12(2,3)8-10-9-13-14-7-5-4-6-11(10)14/h9H,4-8H2,1-3H3. The predicted molar refractivity (Wildman–Crippen MR) is 58.3 cm³/mol. The maximum Gasteiger partial charge on any atom is 0.0524 e. The van der Waals surface area contributed by atoms with Crippen LogP contribution in [-0.2, 0) is 19.4 Å². The molecule has 0 N–H and O–H groups in total. The van der Waals surface area contributed by atoms with E-state index in [-0.39, 0.29) is 0 Å². The zero-order chi connectivity index (χ0) is 10.2. The molecule has 0 radical (unpaired) electrons.